The summed E-state index contributed by atoms with van der Waals surface area (Å²) in [6, 6.07) is 12.2. The highest BCUT2D eigenvalue weighted by atomic mass is 79.9. The largest absolute Gasteiger partial charge is 0.487 e. The van der Waals surface area contributed by atoms with Gasteiger partial charge in [0.2, 0.25) is 5.95 Å². The molecule has 1 aromatic heterocycles. The van der Waals surface area contributed by atoms with E-state index >= 15 is 0 Å². The minimum absolute atomic E-state index is 0.0450. The van der Waals surface area contributed by atoms with E-state index in [-0.39, 0.29) is 28.9 Å². The number of carbonyl (C=O) groups is 1. The Kier molecular flexibility index (Phi) is 6.38. The molecule has 160 valence electrons. The first kappa shape index (κ1) is 21.5. The van der Waals surface area contributed by atoms with Crippen LogP contribution in [-0.4, -0.2) is 27.6 Å². The van der Waals surface area contributed by atoms with Crippen molar-refractivity contribution in [2.24, 2.45) is 0 Å². The van der Waals surface area contributed by atoms with Crippen LogP contribution in [0.1, 0.15) is 40.5 Å². The van der Waals surface area contributed by atoms with Crippen LogP contribution >= 0.6 is 27.5 Å². The first-order valence-corrected chi connectivity index (χ1v) is 10.8. The predicted octanol–water partition coefficient (Wildman–Crippen LogP) is 5.65. The lowest BCUT2D eigenvalue weighted by atomic mass is 10.1. The molecule has 1 N–H and O–H groups in total. The smallest absolute Gasteiger partial charge is 0.339 e. The Balaban J connectivity index is 1.60. The van der Waals surface area contributed by atoms with Crippen molar-refractivity contribution in [1.82, 2.24) is 9.97 Å². The fourth-order valence-electron chi connectivity index (χ4n) is 3.59. The Bertz CT molecular complexity index is 1110. The van der Waals surface area contributed by atoms with Crippen LogP contribution < -0.4 is 9.64 Å². The van der Waals surface area contributed by atoms with E-state index in [0.29, 0.717) is 11.7 Å². The summed E-state index contributed by atoms with van der Waals surface area (Å²) >= 11 is 9.24. The number of nitrogens with zero attached hydrogens (tertiary/aromatic N) is 3. The second-order valence-corrected chi connectivity index (χ2v) is 8.43. The minimum atomic E-state index is -1.15. The number of hydrogen-bond acceptors (Lipinski definition) is 5. The molecule has 4 rings (SSSR count). The Morgan fingerprint density at radius 1 is 1.29 bits per heavy atom. The molecule has 1 aliphatic rings. The van der Waals surface area contributed by atoms with Gasteiger partial charge in [-0.3, -0.25) is 0 Å². The molecular weight excluding hydrogens is 489 g/mol. The fourth-order valence-corrected chi connectivity index (χ4v) is 4.02. The molecule has 1 saturated heterocycles. The highest BCUT2D eigenvalue weighted by molar-refractivity contribution is 9.10. The number of ether oxygens (including phenoxy) is 1. The quantitative estimate of drug-likeness (QED) is 0.466. The number of aromatic carboxylic acids is 1. The van der Waals surface area contributed by atoms with Gasteiger partial charge < -0.3 is 14.7 Å². The van der Waals surface area contributed by atoms with Crippen molar-refractivity contribution in [3.05, 3.63) is 80.8 Å². The van der Waals surface area contributed by atoms with E-state index in [2.05, 4.69) is 42.9 Å². The molecule has 0 bridgehead atoms. The summed E-state index contributed by atoms with van der Waals surface area (Å²) in [5, 5.41) is 9.46. The number of benzene rings is 2. The maximum Gasteiger partial charge on any atom is 0.339 e. The van der Waals surface area contributed by atoms with Crippen molar-refractivity contribution in [1.29, 1.82) is 0 Å². The molecule has 0 saturated carbocycles. The van der Waals surface area contributed by atoms with Gasteiger partial charge in [0.1, 0.15) is 23.7 Å². The van der Waals surface area contributed by atoms with Crippen LogP contribution in [0.15, 0.2) is 53.1 Å². The van der Waals surface area contributed by atoms with Crippen LogP contribution in [0.2, 0.25) is 5.02 Å². The van der Waals surface area contributed by atoms with Gasteiger partial charge in [0, 0.05) is 23.3 Å². The number of carboxylic acids is 1. The molecule has 6 nitrogen and oxygen atoms in total. The third-order valence-corrected chi connectivity index (χ3v) is 5.93. The van der Waals surface area contributed by atoms with Gasteiger partial charge in [0.05, 0.1) is 16.8 Å². The average Bonchev–Trinajstić information content (AvgIpc) is 3.24. The maximum absolute atomic E-state index is 13.4. The van der Waals surface area contributed by atoms with Crippen LogP contribution in [0.25, 0.3) is 0 Å². The van der Waals surface area contributed by atoms with Crippen LogP contribution in [0.3, 0.4) is 0 Å². The van der Waals surface area contributed by atoms with Crippen LogP contribution in [0.4, 0.5) is 10.3 Å². The number of rotatable bonds is 6. The summed E-state index contributed by atoms with van der Waals surface area (Å²) < 4.78 is 20.0. The molecule has 0 radical (unpaired) electrons. The normalized spacial score (nSPS) is 15.8. The van der Waals surface area contributed by atoms with Gasteiger partial charge in [-0.25, -0.2) is 19.2 Å². The van der Waals surface area contributed by atoms with Gasteiger partial charge in [-0.15, -0.1) is 0 Å². The molecule has 2 heterocycles. The molecule has 0 amide bonds. The summed E-state index contributed by atoms with van der Waals surface area (Å²) in [7, 11) is 0. The van der Waals surface area contributed by atoms with E-state index < -0.39 is 11.8 Å². The van der Waals surface area contributed by atoms with E-state index in [4.69, 9.17) is 16.3 Å². The number of anilines is 1. The first-order chi connectivity index (χ1) is 14.9. The van der Waals surface area contributed by atoms with Crippen molar-refractivity contribution in [2.75, 3.05) is 11.4 Å². The van der Waals surface area contributed by atoms with Gasteiger partial charge in [-0.05, 0) is 42.7 Å². The zero-order valence-corrected chi connectivity index (χ0v) is 18.6. The highest BCUT2D eigenvalue weighted by Crippen LogP contribution is 2.35. The second-order valence-electron chi connectivity index (χ2n) is 7.10. The van der Waals surface area contributed by atoms with Crippen molar-refractivity contribution in [3.63, 3.8) is 0 Å². The fraction of sp³-hybridized carbons (Fsp3) is 0.227. The van der Waals surface area contributed by atoms with Gasteiger partial charge in [0.25, 0.3) is 0 Å². The van der Waals surface area contributed by atoms with Gasteiger partial charge in [-0.2, -0.15) is 0 Å². The van der Waals surface area contributed by atoms with E-state index in [0.717, 1.165) is 29.4 Å². The molecule has 3 aromatic rings. The number of halogens is 3. The third kappa shape index (κ3) is 4.80. The van der Waals surface area contributed by atoms with Crippen LogP contribution in [0.5, 0.6) is 5.75 Å². The Morgan fingerprint density at radius 3 is 2.77 bits per heavy atom. The van der Waals surface area contributed by atoms with Crippen molar-refractivity contribution in [3.8, 4) is 5.75 Å². The molecule has 1 fully saturated rings. The molecule has 1 unspecified atom stereocenters. The highest BCUT2D eigenvalue weighted by Gasteiger charge is 2.29. The number of carboxylic acid groups (broad SMARTS) is 1. The summed E-state index contributed by atoms with van der Waals surface area (Å²) in [6.07, 6.45) is 3.23. The van der Waals surface area contributed by atoms with Crippen molar-refractivity contribution in [2.45, 2.75) is 25.5 Å². The van der Waals surface area contributed by atoms with E-state index in [1.807, 2.05) is 12.1 Å². The molecule has 31 heavy (non-hydrogen) atoms. The molecule has 0 aliphatic carbocycles. The molecule has 1 aliphatic heterocycles. The Morgan fingerprint density at radius 2 is 2.06 bits per heavy atom. The summed E-state index contributed by atoms with van der Waals surface area (Å²) in [6.45, 7) is 0.650. The van der Waals surface area contributed by atoms with E-state index in [1.54, 1.807) is 0 Å². The lowest BCUT2D eigenvalue weighted by Crippen LogP contribution is -2.26. The number of aromatic nitrogens is 2. The first-order valence-electron chi connectivity index (χ1n) is 9.61. The lowest BCUT2D eigenvalue weighted by Gasteiger charge is -2.25. The third-order valence-electron chi connectivity index (χ3n) is 5.12. The van der Waals surface area contributed by atoms with Crippen LogP contribution in [-0.2, 0) is 6.61 Å². The monoisotopic (exact) mass is 505 g/mol. The van der Waals surface area contributed by atoms with Gasteiger partial charge >= 0.3 is 5.97 Å². The molecule has 9 heteroatoms. The van der Waals surface area contributed by atoms with Gasteiger partial charge in [-0.1, -0.05) is 39.7 Å². The van der Waals surface area contributed by atoms with Crippen molar-refractivity contribution >= 4 is 39.4 Å². The zero-order valence-electron chi connectivity index (χ0n) is 16.3. The van der Waals surface area contributed by atoms with Crippen molar-refractivity contribution < 1.29 is 19.0 Å². The van der Waals surface area contributed by atoms with E-state index in [1.165, 1.54) is 24.4 Å². The average molecular weight is 507 g/mol. The standard InChI is InChI=1S/C22H18BrClFN3O3/c23-14-5-3-13(4-6-14)20-2-1-9-28(20)22-26-11-16(21(29)30)19(27-22)12-31-15-7-8-18(25)17(24)10-15/h3-8,10-11,20H,1-2,9,12H2,(H,29,30). The SMILES string of the molecule is O=C(O)c1cnc(N2CCCC2c2ccc(Br)cc2)nc1COc1ccc(F)c(Cl)c1. The van der Waals surface area contributed by atoms with Crippen LogP contribution in [0, 0.1) is 5.82 Å². The molecule has 0 spiro atoms. The molecule has 2 aromatic carbocycles. The topological polar surface area (TPSA) is 75.5 Å². The lowest BCUT2D eigenvalue weighted by molar-refractivity contribution is 0.0692. The minimum Gasteiger partial charge on any atom is -0.487 e. The van der Waals surface area contributed by atoms with E-state index in [9.17, 15) is 14.3 Å². The number of hydrogen-bond donors (Lipinski definition) is 1. The summed E-state index contributed by atoms with van der Waals surface area (Å²) in [5.74, 6) is -0.936. The second kappa shape index (κ2) is 9.20. The Labute approximate surface area is 191 Å². The molecule has 1 atom stereocenters. The summed E-state index contributed by atoms with van der Waals surface area (Å²) in [5.41, 5.74) is 1.33. The van der Waals surface area contributed by atoms with Gasteiger partial charge in [0.15, 0.2) is 0 Å². The zero-order chi connectivity index (χ0) is 22.0. The maximum atomic E-state index is 13.4. The predicted molar refractivity (Wildman–Crippen MR) is 118 cm³/mol. The Hall–Kier alpha value is -2.71. The summed E-state index contributed by atoms with van der Waals surface area (Å²) in [4.78, 5) is 22.6. The molecular formula is C22H18BrClFN3O3.